The summed E-state index contributed by atoms with van der Waals surface area (Å²) < 4.78 is 0. The van der Waals surface area contributed by atoms with Crippen LogP contribution in [0.4, 0.5) is 5.69 Å². The van der Waals surface area contributed by atoms with E-state index in [0.717, 1.165) is 18.2 Å². The second-order valence-electron chi connectivity index (χ2n) is 4.60. The van der Waals surface area contributed by atoms with Gasteiger partial charge in [0.15, 0.2) is 0 Å². The molecule has 14 heavy (non-hydrogen) atoms. The Balaban J connectivity index is 1.90. The number of aromatic amines is 1. The zero-order valence-corrected chi connectivity index (χ0v) is 8.50. The third-order valence-corrected chi connectivity index (χ3v) is 2.94. The van der Waals surface area contributed by atoms with Gasteiger partial charge in [-0.05, 0) is 17.8 Å². The van der Waals surface area contributed by atoms with Crippen molar-refractivity contribution in [1.29, 1.82) is 0 Å². The summed E-state index contributed by atoms with van der Waals surface area (Å²) in [5.41, 5.74) is 1.11. The number of rotatable bonds is 3. The second-order valence-corrected chi connectivity index (χ2v) is 4.60. The first-order valence-electron chi connectivity index (χ1n) is 4.86. The van der Waals surface area contributed by atoms with Crippen LogP contribution in [0.2, 0.25) is 0 Å². The SMILES string of the molecule is CC1(C)CC1CNc1cn[nH]c(=O)c1. The van der Waals surface area contributed by atoms with Crippen LogP contribution < -0.4 is 10.9 Å². The molecule has 0 radical (unpaired) electrons. The number of aromatic nitrogens is 2. The minimum Gasteiger partial charge on any atom is -0.383 e. The molecule has 1 aliphatic carbocycles. The molecule has 1 atom stereocenters. The molecule has 1 unspecified atom stereocenters. The van der Waals surface area contributed by atoms with Crippen molar-refractivity contribution >= 4 is 5.69 Å². The molecule has 4 nitrogen and oxygen atoms in total. The summed E-state index contributed by atoms with van der Waals surface area (Å²) in [4.78, 5) is 10.9. The fourth-order valence-corrected chi connectivity index (χ4v) is 1.64. The van der Waals surface area contributed by atoms with E-state index in [0.29, 0.717) is 5.41 Å². The van der Waals surface area contributed by atoms with E-state index in [1.807, 2.05) is 0 Å². The van der Waals surface area contributed by atoms with Crippen molar-refractivity contribution in [2.45, 2.75) is 20.3 Å². The maximum Gasteiger partial charge on any atom is 0.266 e. The average Bonchev–Trinajstić information content (AvgIpc) is 2.71. The van der Waals surface area contributed by atoms with E-state index < -0.39 is 0 Å². The van der Waals surface area contributed by atoms with Crippen LogP contribution in [-0.4, -0.2) is 16.7 Å². The van der Waals surface area contributed by atoms with Gasteiger partial charge in [-0.2, -0.15) is 5.10 Å². The smallest absolute Gasteiger partial charge is 0.266 e. The van der Waals surface area contributed by atoms with E-state index in [1.165, 1.54) is 12.5 Å². The molecule has 0 spiro atoms. The molecule has 2 N–H and O–H groups in total. The van der Waals surface area contributed by atoms with Crippen molar-refractivity contribution in [3.05, 3.63) is 22.6 Å². The molecule has 0 aliphatic heterocycles. The van der Waals surface area contributed by atoms with Crippen LogP contribution in [0.25, 0.3) is 0 Å². The van der Waals surface area contributed by atoms with Crippen LogP contribution in [0.3, 0.4) is 0 Å². The molecule has 0 aromatic carbocycles. The van der Waals surface area contributed by atoms with Crippen LogP contribution in [0, 0.1) is 11.3 Å². The van der Waals surface area contributed by atoms with Gasteiger partial charge in [-0.3, -0.25) is 4.79 Å². The van der Waals surface area contributed by atoms with E-state index in [2.05, 4.69) is 29.4 Å². The average molecular weight is 193 g/mol. The van der Waals surface area contributed by atoms with E-state index in [-0.39, 0.29) is 5.56 Å². The Labute approximate surface area is 82.7 Å². The molecular weight excluding hydrogens is 178 g/mol. The summed E-state index contributed by atoms with van der Waals surface area (Å²) in [5.74, 6) is 0.724. The third kappa shape index (κ3) is 1.95. The summed E-state index contributed by atoms with van der Waals surface area (Å²) in [6, 6.07) is 1.53. The highest BCUT2D eigenvalue weighted by molar-refractivity contribution is 5.38. The topological polar surface area (TPSA) is 57.8 Å². The van der Waals surface area contributed by atoms with E-state index in [1.54, 1.807) is 6.20 Å². The predicted octanol–water partition coefficient (Wildman–Crippen LogP) is 1.23. The largest absolute Gasteiger partial charge is 0.383 e. The summed E-state index contributed by atoms with van der Waals surface area (Å²) in [7, 11) is 0. The van der Waals surface area contributed by atoms with Gasteiger partial charge in [0.1, 0.15) is 0 Å². The quantitative estimate of drug-likeness (QED) is 0.759. The summed E-state index contributed by atoms with van der Waals surface area (Å²) in [6.07, 6.45) is 2.90. The minimum absolute atomic E-state index is 0.162. The van der Waals surface area contributed by atoms with E-state index >= 15 is 0 Å². The number of anilines is 1. The lowest BCUT2D eigenvalue weighted by Crippen LogP contribution is -2.12. The molecule has 2 rings (SSSR count). The maximum atomic E-state index is 10.9. The lowest BCUT2D eigenvalue weighted by atomic mass is 10.1. The highest BCUT2D eigenvalue weighted by atomic mass is 16.1. The van der Waals surface area contributed by atoms with Crippen molar-refractivity contribution < 1.29 is 0 Å². The molecule has 1 fully saturated rings. The Kier molecular flexibility index (Phi) is 2.06. The minimum atomic E-state index is -0.162. The van der Waals surface area contributed by atoms with E-state index in [9.17, 15) is 4.79 Å². The Bertz CT molecular complexity index is 383. The first-order chi connectivity index (χ1) is 6.58. The fraction of sp³-hybridized carbons (Fsp3) is 0.600. The van der Waals surface area contributed by atoms with Gasteiger partial charge in [-0.25, -0.2) is 5.10 Å². The predicted molar refractivity (Wildman–Crippen MR) is 55.2 cm³/mol. The normalized spacial score (nSPS) is 23.1. The molecule has 1 aromatic rings. The lowest BCUT2D eigenvalue weighted by Gasteiger charge is -2.06. The molecule has 76 valence electrons. The third-order valence-electron chi connectivity index (χ3n) is 2.94. The Morgan fingerprint density at radius 3 is 3.00 bits per heavy atom. The Morgan fingerprint density at radius 1 is 1.71 bits per heavy atom. The number of H-pyrrole nitrogens is 1. The first-order valence-corrected chi connectivity index (χ1v) is 4.86. The summed E-state index contributed by atoms with van der Waals surface area (Å²) >= 11 is 0. The van der Waals surface area contributed by atoms with Gasteiger partial charge in [0.05, 0.1) is 11.9 Å². The number of nitrogens with zero attached hydrogens (tertiary/aromatic N) is 1. The van der Waals surface area contributed by atoms with Crippen LogP contribution in [-0.2, 0) is 0 Å². The number of hydrogen-bond donors (Lipinski definition) is 2. The second kappa shape index (κ2) is 3.12. The summed E-state index contributed by atoms with van der Waals surface area (Å²) in [5, 5.41) is 9.29. The van der Waals surface area contributed by atoms with Crippen LogP contribution >= 0.6 is 0 Å². The van der Waals surface area contributed by atoms with Crippen LogP contribution in [0.5, 0.6) is 0 Å². The van der Waals surface area contributed by atoms with Gasteiger partial charge in [-0.15, -0.1) is 0 Å². The van der Waals surface area contributed by atoms with Crippen LogP contribution in [0.15, 0.2) is 17.1 Å². The van der Waals surface area contributed by atoms with E-state index in [4.69, 9.17) is 0 Å². The highest BCUT2D eigenvalue weighted by Crippen LogP contribution is 2.51. The van der Waals surface area contributed by atoms with Gasteiger partial charge < -0.3 is 5.32 Å². The molecule has 4 heteroatoms. The molecule has 0 bridgehead atoms. The molecule has 1 heterocycles. The molecule has 1 aliphatic rings. The Hall–Kier alpha value is -1.32. The van der Waals surface area contributed by atoms with Crippen molar-refractivity contribution in [2.24, 2.45) is 11.3 Å². The Morgan fingerprint density at radius 2 is 2.43 bits per heavy atom. The van der Waals surface area contributed by atoms with Gasteiger partial charge >= 0.3 is 0 Å². The van der Waals surface area contributed by atoms with Crippen molar-refractivity contribution in [1.82, 2.24) is 10.2 Å². The van der Waals surface area contributed by atoms with Gasteiger partial charge in [0, 0.05) is 12.6 Å². The maximum absolute atomic E-state index is 10.9. The van der Waals surface area contributed by atoms with Crippen molar-refractivity contribution in [3.8, 4) is 0 Å². The summed E-state index contributed by atoms with van der Waals surface area (Å²) in [6.45, 7) is 5.45. The van der Waals surface area contributed by atoms with Crippen molar-refractivity contribution in [3.63, 3.8) is 0 Å². The zero-order valence-electron chi connectivity index (χ0n) is 8.50. The number of hydrogen-bond acceptors (Lipinski definition) is 3. The van der Waals surface area contributed by atoms with Crippen LogP contribution in [0.1, 0.15) is 20.3 Å². The zero-order chi connectivity index (χ0) is 10.2. The molecule has 1 aromatic heterocycles. The van der Waals surface area contributed by atoms with Gasteiger partial charge in [-0.1, -0.05) is 13.8 Å². The fourth-order valence-electron chi connectivity index (χ4n) is 1.64. The number of nitrogens with one attached hydrogen (secondary N) is 2. The molecule has 0 saturated heterocycles. The molecular formula is C10H15N3O. The lowest BCUT2D eigenvalue weighted by molar-refractivity contribution is 0.573. The first kappa shape index (κ1) is 9.24. The van der Waals surface area contributed by atoms with Gasteiger partial charge in [0.25, 0.3) is 5.56 Å². The molecule has 1 saturated carbocycles. The highest BCUT2D eigenvalue weighted by Gasteiger charge is 2.44. The molecule has 0 amide bonds. The monoisotopic (exact) mass is 193 g/mol. The van der Waals surface area contributed by atoms with Crippen molar-refractivity contribution in [2.75, 3.05) is 11.9 Å². The van der Waals surface area contributed by atoms with Gasteiger partial charge in [0.2, 0.25) is 0 Å². The standard InChI is InChI=1S/C10H15N3O/c1-10(2)4-7(10)5-11-8-3-9(14)13-12-6-8/h3,6-7H,4-5H2,1-2H3,(H2,11,13,14).